The maximum Gasteiger partial charge on any atom is 0.333 e. The summed E-state index contributed by atoms with van der Waals surface area (Å²) in [5.74, 6) is 0. The second-order valence-electron chi connectivity index (χ2n) is 9.25. The van der Waals surface area contributed by atoms with Crippen molar-refractivity contribution in [2.24, 2.45) is 0 Å². The van der Waals surface area contributed by atoms with Gasteiger partial charge < -0.3 is 5.41 Å². The second kappa shape index (κ2) is 8.56. The third-order valence-corrected chi connectivity index (χ3v) is 7.22. The first-order valence-corrected chi connectivity index (χ1v) is 13.1. The van der Waals surface area contributed by atoms with E-state index in [2.05, 4.69) is 15.0 Å². The standard InChI is InChI=1S/C26H22N6O4S/c1-26(2,14-27)16-5-7-17(8-6-16)32-23-18(24(33)31-25(32)34)13-28-20-10-9-19(30-22(20)23)15-4-11-21(29-12-15)37(3,35)36/h4-14,27H,1-3H3,(H,31,33,34). The molecular weight excluding hydrogens is 492 g/mol. The van der Waals surface area contributed by atoms with Crippen molar-refractivity contribution in [1.29, 1.82) is 5.41 Å². The van der Waals surface area contributed by atoms with Gasteiger partial charge in [0.2, 0.25) is 0 Å². The van der Waals surface area contributed by atoms with E-state index in [1.54, 1.807) is 30.3 Å². The van der Waals surface area contributed by atoms with Crippen LogP contribution in [0.3, 0.4) is 0 Å². The van der Waals surface area contributed by atoms with Gasteiger partial charge in [-0.25, -0.2) is 23.2 Å². The summed E-state index contributed by atoms with van der Waals surface area (Å²) in [6.07, 6.45) is 5.25. The first-order chi connectivity index (χ1) is 17.5. The van der Waals surface area contributed by atoms with Gasteiger partial charge >= 0.3 is 5.69 Å². The molecule has 0 amide bonds. The van der Waals surface area contributed by atoms with E-state index in [1.807, 2.05) is 26.0 Å². The number of benzene rings is 1. The molecule has 0 fully saturated rings. The highest BCUT2D eigenvalue weighted by Crippen LogP contribution is 2.27. The summed E-state index contributed by atoms with van der Waals surface area (Å²) < 4.78 is 24.9. The summed E-state index contributed by atoms with van der Waals surface area (Å²) in [6, 6.07) is 13.6. The van der Waals surface area contributed by atoms with E-state index < -0.39 is 26.5 Å². The lowest BCUT2D eigenvalue weighted by atomic mass is 9.86. The van der Waals surface area contributed by atoms with Crippen LogP contribution in [0.5, 0.6) is 0 Å². The molecule has 0 radical (unpaired) electrons. The molecule has 0 aliphatic heterocycles. The SMILES string of the molecule is CC(C)(C=N)c1ccc(-n2c(=O)[nH]c(=O)c3cnc4ccc(-c5ccc(S(C)(=O)=O)nc5)nc4c32)cc1. The lowest BCUT2D eigenvalue weighted by Gasteiger charge is -2.20. The zero-order valence-corrected chi connectivity index (χ0v) is 21.0. The van der Waals surface area contributed by atoms with Crippen molar-refractivity contribution < 1.29 is 8.42 Å². The maximum absolute atomic E-state index is 13.1. The molecule has 10 nitrogen and oxygen atoms in total. The van der Waals surface area contributed by atoms with Crippen LogP contribution < -0.4 is 11.2 Å². The Labute approximate surface area is 211 Å². The van der Waals surface area contributed by atoms with Gasteiger partial charge in [-0.15, -0.1) is 0 Å². The van der Waals surface area contributed by atoms with Crippen LogP contribution in [0.25, 0.3) is 38.9 Å². The number of aromatic amines is 1. The number of hydrogen-bond acceptors (Lipinski definition) is 8. The summed E-state index contributed by atoms with van der Waals surface area (Å²) >= 11 is 0. The number of pyridine rings is 3. The van der Waals surface area contributed by atoms with Crippen LogP contribution in [0.15, 0.2) is 75.5 Å². The molecular formula is C26H22N6O4S. The highest BCUT2D eigenvalue weighted by atomic mass is 32.2. The predicted molar refractivity (Wildman–Crippen MR) is 141 cm³/mol. The van der Waals surface area contributed by atoms with Crippen molar-refractivity contribution in [3.8, 4) is 16.9 Å². The molecule has 4 heterocycles. The van der Waals surface area contributed by atoms with Gasteiger partial charge in [-0.05, 0) is 42.0 Å². The van der Waals surface area contributed by atoms with E-state index in [4.69, 9.17) is 10.4 Å². The second-order valence-corrected chi connectivity index (χ2v) is 11.2. The molecule has 0 saturated carbocycles. The molecule has 0 unspecified atom stereocenters. The average Bonchev–Trinajstić information content (AvgIpc) is 2.88. The van der Waals surface area contributed by atoms with Gasteiger partial charge in [-0.1, -0.05) is 26.0 Å². The molecule has 11 heteroatoms. The fraction of sp³-hybridized carbons (Fsp3) is 0.154. The van der Waals surface area contributed by atoms with Crippen LogP contribution in [-0.4, -0.2) is 45.4 Å². The number of hydrogen-bond donors (Lipinski definition) is 2. The quantitative estimate of drug-likeness (QED) is 0.270. The molecule has 0 spiro atoms. The zero-order valence-electron chi connectivity index (χ0n) is 20.2. The Kier molecular flexibility index (Phi) is 5.60. The lowest BCUT2D eigenvalue weighted by Crippen LogP contribution is -2.29. The van der Waals surface area contributed by atoms with Gasteiger partial charge in [0, 0.05) is 35.8 Å². The van der Waals surface area contributed by atoms with Crippen molar-refractivity contribution in [3.05, 3.63) is 87.3 Å². The summed E-state index contributed by atoms with van der Waals surface area (Å²) in [6.45, 7) is 3.83. The number of nitrogens with zero attached hydrogens (tertiary/aromatic N) is 4. The molecule has 5 aromatic rings. The number of fused-ring (bicyclic) bond motifs is 3. The summed E-state index contributed by atoms with van der Waals surface area (Å²) in [5, 5.41) is 7.81. The van der Waals surface area contributed by atoms with E-state index in [9.17, 15) is 18.0 Å². The minimum atomic E-state index is -3.46. The Morgan fingerprint density at radius 2 is 1.70 bits per heavy atom. The molecule has 0 atom stereocenters. The Hall–Kier alpha value is -4.51. The molecule has 186 valence electrons. The van der Waals surface area contributed by atoms with Crippen molar-refractivity contribution in [2.45, 2.75) is 24.3 Å². The third-order valence-electron chi connectivity index (χ3n) is 6.22. The van der Waals surface area contributed by atoms with Crippen molar-refractivity contribution in [1.82, 2.24) is 24.5 Å². The Morgan fingerprint density at radius 1 is 0.973 bits per heavy atom. The minimum Gasteiger partial charge on any atom is -0.312 e. The van der Waals surface area contributed by atoms with Crippen LogP contribution in [0.1, 0.15) is 19.4 Å². The Bertz CT molecular complexity index is 1920. The van der Waals surface area contributed by atoms with Crippen LogP contribution in [0.2, 0.25) is 0 Å². The fourth-order valence-electron chi connectivity index (χ4n) is 4.05. The van der Waals surface area contributed by atoms with Gasteiger partial charge in [0.1, 0.15) is 5.52 Å². The molecule has 1 aromatic carbocycles. The molecule has 4 aromatic heterocycles. The number of H-pyrrole nitrogens is 1. The number of rotatable bonds is 5. The maximum atomic E-state index is 13.1. The number of nitrogens with one attached hydrogen (secondary N) is 2. The highest BCUT2D eigenvalue weighted by Gasteiger charge is 2.19. The van der Waals surface area contributed by atoms with E-state index >= 15 is 0 Å². The normalized spacial score (nSPS) is 12.2. The van der Waals surface area contributed by atoms with E-state index in [0.29, 0.717) is 33.5 Å². The van der Waals surface area contributed by atoms with E-state index in [1.165, 1.54) is 29.2 Å². The van der Waals surface area contributed by atoms with E-state index in [-0.39, 0.29) is 10.4 Å². The average molecular weight is 515 g/mol. The van der Waals surface area contributed by atoms with Gasteiger partial charge in [0.25, 0.3) is 5.56 Å². The first kappa shape index (κ1) is 24.2. The van der Waals surface area contributed by atoms with Gasteiger partial charge in [0.15, 0.2) is 14.9 Å². The summed E-state index contributed by atoms with van der Waals surface area (Å²) in [5.41, 5.74) is 1.82. The van der Waals surface area contributed by atoms with Gasteiger partial charge in [-0.3, -0.25) is 19.3 Å². The molecule has 0 saturated heterocycles. The zero-order chi connectivity index (χ0) is 26.5. The lowest BCUT2D eigenvalue weighted by molar-refractivity contribution is 0.598. The molecule has 0 bridgehead atoms. The van der Waals surface area contributed by atoms with Crippen LogP contribution in [0, 0.1) is 5.41 Å². The van der Waals surface area contributed by atoms with Crippen LogP contribution >= 0.6 is 0 Å². The fourth-order valence-corrected chi connectivity index (χ4v) is 4.61. The summed E-state index contributed by atoms with van der Waals surface area (Å²) in [7, 11) is -3.46. The van der Waals surface area contributed by atoms with Gasteiger partial charge in [-0.2, -0.15) is 0 Å². The number of sulfone groups is 1. The smallest absolute Gasteiger partial charge is 0.312 e. The summed E-state index contributed by atoms with van der Waals surface area (Å²) in [4.78, 5) is 41.2. The molecule has 0 aliphatic carbocycles. The molecule has 37 heavy (non-hydrogen) atoms. The molecule has 2 N–H and O–H groups in total. The number of aromatic nitrogens is 5. The minimum absolute atomic E-state index is 0.0563. The molecule has 0 aliphatic rings. The van der Waals surface area contributed by atoms with E-state index in [0.717, 1.165) is 11.8 Å². The predicted octanol–water partition coefficient (Wildman–Crippen LogP) is 3.01. The van der Waals surface area contributed by atoms with Crippen molar-refractivity contribution >= 4 is 38.0 Å². The third kappa shape index (κ3) is 4.23. The topological polar surface area (TPSA) is 152 Å². The van der Waals surface area contributed by atoms with Crippen LogP contribution in [-0.2, 0) is 15.3 Å². The molecule has 5 rings (SSSR count). The van der Waals surface area contributed by atoms with Crippen molar-refractivity contribution in [3.63, 3.8) is 0 Å². The highest BCUT2D eigenvalue weighted by molar-refractivity contribution is 7.90. The van der Waals surface area contributed by atoms with Gasteiger partial charge in [0.05, 0.1) is 27.8 Å². The monoisotopic (exact) mass is 514 g/mol. The van der Waals surface area contributed by atoms with Crippen molar-refractivity contribution in [2.75, 3.05) is 6.26 Å². The van der Waals surface area contributed by atoms with Crippen LogP contribution in [0.4, 0.5) is 0 Å². The first-order valence-electron chi connectivity index (χ1n) is 11.2. The Morgan fingerprint density at radius 3 is 2.32 bits per heavy atom. The largest absolute Gasteiger partial charge is 0.333 e. The Balaban J connectivity index is 1.77.